The number of ether oxygens (including phenoxy) is 1. The molecule has 2 N–H and O–H groups in total. The minimum atomic E-state index is 0.151. The zero-order valence-corrected chi connectivity index (χ0v) is 13.2. The molecule has 0 saturated heterocycles. The van der Waals surface area contributed by atoms with Gasteiger partial charge in [-0.05, 0) is 13.3 Å². The number of hydrogen-bond acceptors (Lipinski definition) is 3. The van der Waals surface area contributed by atoms with E-state index in [-0.39, 0.29) is 13.2 Å². The molecular formula is C16H36O3. The van der Waals surface area contributed by atoms with Gasteiger partial charge in [-0.15, -0.1) is 0 Å². The second kappa shape index (κ2) is 23.0. The second-order valence-corrected chi connectivity index (χ2v) is 4.83. The van der Waals surface area contributed by atoms with Gasteiger partial charge >= 0.3 is 0 Å². The molecule has 0 heterocycles. The van der Waals surface area contributed by atoms with E-state index in [9.17, 15) is 0 Å². The van der Waals surface area contributed by atoms with Gasteiger partial charge in [-0.3, -0.25) is 0 Å². The smallest absolute Gasteiger partial charge is 0.0697 e. The van der Waals surface area contributed by atoms with Gasteiger partial charge in [0.1, 0.15) is 0 Å². The van der Waals surface area contributed by atoms with Crippen LogP contribution >= 0.6 is 0 Å². The molecule has 0 spiro atoms. The molecule has 3 heteroatoms. The molecule has 0 rings (SSSR count). The molecule has 118 valence electrons. The largest absolute Gasteiger partial charge is 0.397 e. The fourth-order valence-corrected chi connectivity index (χ4v) is 1.86. The quantitative estimate of drug-likeness (QED) is 0.501. The van der Waals surface area contributed by atoms with Crippen LogP contribution in [0.15, 0.2) is 0 Å². The molecule has 0 radical (unpaired) electrons. The molecule has 0 fully saturated rings. The predicted octanol–water partition coefficient (Wildman–Crippen LogP) is 3.91. The van der Waals surface area contributed by atoms with Crippen LogP contribution < -0.4 is 0 Å². The topological polar surface area (TPSA) is 49.7 Å². The molecule has 0 aromatic rings. The van der Waals surface area contributed by atoms with E-state index in [1.807, 2.05) is 0 Å². The average molecular weight is 276 g/mol. The van der Waals surface area contributed by atoms with E-state index in [4.69, 9.17) is 14.9 Å². The Kier molecular flexibility index (Phi) is 25.7. The van der Waals surface area contributed by atoms with Gasteiger partial charge in [-0.1, -0.05) is 64.7 Å². The van der Waals surface area contributed by atoms with E-state index in [2.05, 4.69) is 6.92 Å². The second-order valence-electron chi connectivity index (χ2n) is 4.83. The molecule has 0 amide bonds. The van der Waals surface area contributed by atoms with Crippen LogP contribution in [0.5, 0.6) is 0 Å². The van der Waals surface area contributed by atoms with Gasteiger partial charge in [0.15, 0.2) is 0 Å². The molecule has 0 saturated carbocycles. The maximum absolute atomic E-state index is 8.50. The Morgan fingerprint density at radius 2 is 1.05 bits per heavy atom. The summed E-state index contributed by atoms with van der Waals surface area (Å²) in [6.45, 7) is 5.66. The summed E-state index contributed by atoms with van der Waals surface area (Å²) in [6.07, 6.45) is 13.6. The lowest BCUT2D eigenvalue weighted by Crippen LogP contribution is -2.00. The molecule has 3 nitrogen and oxygen atoms in total. The highest BCUT2D eigenvalue weighted by Crippen LogP contribution is 2.10. The van der Waals surface area contributed by atoms with Gasteiger partial charge in [0.05, 0.1) is 13.2 Å². The Morgan fingerprint density at radius 1 is 0.632 bits per heavy atom. The maximum atomic E-state index is 8.50. The van der Waals surface area contributed by atoms with E-state index in [0.717, 1.165) is 13.0 Å². The van der Waals surface area contributed by atoms with Crippen molar-refractivity contribution in [2.75, 3.05) is 26.4 Å². The molecule has 0 aliphatic rings. The van der Waals surface area contributed by atoms with Gasteiger partial charge in [0.25, 0.3) is 0 Å². The fourth-order valence-electron chi connectivity index (χ4n) is 1.86. The van der Waals surface area contributed by atoms with E-state index < -0.39 is 0 Å². The Balaban J connectivity index is 0. The summed E-state index contributed by atoms with van der Waals surface area (Å²) in [6, 6.07) is 0. The van der Waals surface area contributed by atoms with Crippen molar-refractivity contribution in [3.63, 3.8) is 0 Å². The van der Waals surface area contributed by atoms with Crippen LogP contribution in [-0.2, 0) is 4.74 Å². The van der Waals surface area contributed by atoms with Crippen LogP contribution in [0, 0.1) is 0 Å². The van der Waals surface area contributed by atoms with E-state index in [1.54, 1.807) is 6.92 Å². The van der Waals surface area contributed by atoms with Crippen molar-refractivity contribution in [3.05, 3.63) is 0 Å². The van der Waals surface area contributed by atoms with Crippen molar-refractivity contribution in [1.82, 2.24) is 0 Å². The third-order valence-electron chi connectivity index (χ3n) is 2.88. The van der Waals surface area contributed by atoms with Crippen LogP contribution in [0.4, 0.5) is 0 Å². The van der Waals surface area contributed by atoms with Crippen molar-refractivity contribution < 1.29 is 14.9 Å². The van der Waals surface area contributed by atoms with Gasteiger partial charge < -0.3 is 14.9 Å². The lowest BCUT2D eigenvalue weighted by Gasteiger charge is -2.03. The Labute approximate surface area is 120 Å². The van der Waals surface area contributed by atoms with Crippen molar-refractivity contribution in [3.8, 4) is 0 Å². The summed E-state index contributed by atoms with van der Waals surface area (Å²) in [5.41, 5.74) is 0. The van der Waals surface area contributed by atoms with Crippen molar-refractivity contribution >= 4 is 0 Å². The summed E-state index contributed by atoms with van der Waals surface area (Å²) in [7, 11) is 0. The summed E-state index contributed by atoms with van der Waals surface area (Å²) >= 11 is 0. The van der Waals surface area contributed by atoms with Crippen LogP contribution in [0.2, 0.25) is 0 Å². The van der Waals surface area contributed by atoms with Gasteiger partial charge in [-0.2, -0.15) is 0 Å². The Morgan fingerprint density at radius 3 is 1.47 bits per heavy atom. The van der Waals surface area contributed by atoms with Crippen LogP contribution in [0.3, 0.4) is 0 Å². The van der Waals surface area contributed by atoms with Crippen LogP contribution in [-0.4, -0.2) is 36.6 Å². The van der Waals surface area contributed by atoms with Crippen LogP contribution in [0.25, 0.3) is 0 Å². The molecule has 0 unspecified atom stereocenters. The Bertz CT molecular complexity index is 115. The zero-order chi connectivity index (χ0) is 14.6. The predicted molar refractivity (Wildman–Crippen MR) is 82.5 cm³/mol. The first-order valence-corrected chi connectivity index (χ1v) is 8.12. The first-order chi connectivity index (χ1) is 9.33. The number of hydrogen-bond donors (Lipinski definition) is 2. The highest BCUT2D eigenvalue weighted by atomic mass is 16.5. The van der Waals surface area contributed by atoms with Crippen molar-refractivity contribution in [2.45, 2.75) is 78.1 Å². The molecule has 0 atom stereocenters. The summed E-state index contributed by atoms with van der Waals surface area (Å²) in [5, 5.41) is 16.1. The van der Waals surface area contributed by atoms with Crippen molar-refractivity contribution in [1.29, 1.82) is 0 Å². The lowest BCUT2D eigenvalue weighted by atomic mass is 10.1. The first kappa shape index (κ1) is 21.2. The third-order valence-corrected chi connectivity index (χ3v) is 2.88. The van der Waals surface area contributed by atoms with E-state index in [0.29, 0.717) is 6.61 Å². The maximum Gasteiger partial charge on any atom is 0.0697 e. The molecule has 0 bridgehead atoms. The lowest BCUT2D eigenvalue weighted by molar-refractivity contribution is 0.0895. The summed E-state index contributed by atoms with van der Waals surface area (Å²) < 4.78 is 5.20. The minimum absolute atomic E-state index is 0.151. The normalized spacial score (nSPS) is 10.1. The highest BCUT2D eigenvalue weighted by molar-refractivity contribution is 4.47. The Hall–Kier alpha value is -0.120. The van der Waals surface area contributed by atoms with Gasteiger partial charge in [-0.25, -0.2) is 0 Å². The number of rotatable bonds is 13. The average Bonchev–Trinajstić information content (AvgIpc) is 2.41. The molecule has 19 heavy (non-hydrogen) atoms. The summed E-state index contributed by atoms with van der Waals surface area (Å²) in [5.74, 6) is 0. The third kappa shape index (κ3) is 27.2. The fraction of sp³-hybridized carbons (Fsp3) is 1.00. The van der Waals surface area contributed by atoms with Gasteiger partial charge in [0, 0.05) is 13.2 Å². The zero-order valence-electron chi connectivity index (χ0n) is 13.2. The molecule has 0 aliphatic carbocycles. The first-order valence-electron chi connectivity index (χ1n) is 8.12. The van der Waals surface area contributed by atoms with E-state index >= 15 is 0 Å². The number of aliphatic hydroxyl groups excluding tert-OH is 2. The highest BCUT2D eigenvalue weighted by Gasteiger charge is 1.92. The van der Waals surface area contributed by atoms with E-state index in [1.165, 1.54) is 57.8 Å². The molecule has 0 aromatic heterocycles. The SMILES string of the molecule is CCCCCCCCCCCCOCCO.CCO. The molecular weight excluding hydrogens is 240 g/mol. The number of aliphatic hydroxyl groups is 2. The number of unbranched alkanes of at least 4 members (excludes halogenated alkanes) is 9. The molecule has 0 aromatic carbocycles. The summed E-state index contributed by atoms with van der Waals surface area (Å²) in [4.78, 5) is 0. The molecule has 0 aliphatic heterocycles. The minimum Gasteiger partial charge on any atom is -0.397 e. The van der Waals surface area contributed by atoms with Crippen LogP contribution in [0.1, 0.15) is 78.1 Å². The monoisotopic (exact) mass is 276 g/mol. The van der Waals surface area contributed by atoms with Gasteiger partial charge in [0.2, 0.25) is 0 Å². The van der Waals surface area contributed by atoms with Crippen molar-refractivity contribution in [2.24, 2.45) is 0 Å². The standard InChI is InChI=1S/C14H30O2.C2H6O/c1-2-3-4-5-6-7-8-9-10-11-13-16-14-12-15;1-2-3/h15H,2-14H2,1H3;3H,2H2,1H3.